The van der Waals surface area contributed by atoms with Crippen molar-refractivity contribution in [3.8, 4) is 0 Å². The van der Waals surface area contributed by atoms with Crippen LogP contribution in [0.15, 0.2) is 12.4 Å². The van der Waals surface area contributed by atoms with Crippen LogP contribution in [0.4, 0.5) is 0 Å². The zero-order valence-corrected chi connectivity index (χ0v) is 11.5. The average molecular weight is 260 g/mol. The van der Waals surface area contributed by atoms with E-state index in [0.717, 1.165) is 12.7 Å². The highest BCUT2D eigenvalue weighted by atomic mass is 32.2. The fourth-order valence-corrected chi connectivity index (χ4v) is 2.02. The van der Waals surface area contributed by atoms with Crippen LogP contribution < -0.4 is 0 Å². The molecular weight excluding hydrogens is 240 g/mol. The molecule has 6 heteroatoms. The molecule has 0 saturated heterocycles. The molecule has 1 atom stereocenters. The average Bonchev–Trinajstić information content (AvgIpc) is 2.63. The zero-order chi connectivity index (χ0) is 13.3. The molecule has 0 saturated carbocycles. The molecule has 98 valence electrons. The highest BCUT2D eigenvalue weighted by Gasteiger charge is 2.41. The third kappa shape index (κ3) is 2.69. The molecule has 1 heterocycles. The van der Waals surface area contributed by atoms with Crippen LogP contribution in [0.3, 0.4) is 0 Å². The molecule has 0 aliphatic heterocycles. The number of aliphatic hydroxyl groups is 1. The van der Waals surface area contributed by atoms with Gasteiger partial charge in [0.1, 0.15) is 11.9 Å². The minimum atomic E-state index is -3.36. The second-order valence-corrected chi connectivity index (χ2v) is 7.35. The quantitative estimate of drug-likeness (QED) is 0.862. The Labute approximate surface area is 102 Å². The van der Waals surface area contributed by atoms with Crippen LogP contribution in [-0.2, 0) is 16.4 Å². The highest BCUT2D eigenvalue weighted by Crippen LogP contribution is 2.31. The van der Waals surface area contributed by atoms with E-state index in [-0.39, 0.29) is 0 Å². The summed E-state index contributed by atoms with van der Waals surface area (Å²) in [6.45, 7) is 5.75. The lowest BCUT2D eigenvalue weighted by Crippen LogP contribution is -2.39. The Hall–Kier alpha value is -0.880. The minimum Gasteiger partial charge on any atom is -0.384 e. The predicted molar refractivity (Wildman–Crippen MR) is 66.4 cm³/mol. The van der Waals surface area contributed by atoms with E-state index in [1.807, 2.05) is 6.92 Å². The van der Waals surface area contributed by atoms with Gasteiger partial charge in [0.2, 0.25) is 0 Å². The van der Waals surface area contributed by atoms with Crippen molar-refractivity contribution in [1.82, 2.24) is 9.55 Å². The van der Waals surface area contributed by atoms with Gasteiger partial charge in [-0.15, -0.1) is 0 Å². The summed E-state index contributed by atoms with van der Waals surface area (Å²) in [5.41, 5.74) is 0. The summed E-state index contributed by atoms with van der Waals surface area (Å²) in [5, 5.41) is 10.2. The minimum absolute atomic E-state index is 0.405. The van der Waals surface area contributed by atoms with Gasteiger partial charge >= 0.3 is 0 Å². The van der Waals surface area contributed by atoms with Crippen molar-refractivity contribution in [3.63, 3.8) is 0 Å². The standard InChI is InChI=1S/C11H20N2O3S/c1-5-7-13-8-6-12-10(13)9(14)11(2,3)17(4,15)16/h6,8-9,14H,5,7H2,1-4H3. The Morgan fingerprint density at radius 1 is 1.53 bits per heavy atom. The van der Waals surface area contributed by atoms with Crippen molar-refractivity contribution in [2.45, 2.75) is 44.6 Å². The lowest BCUT2D eigenvalue weighted by Gasteiger charge is -2.28. The molecule has 0 bridgehead atoms. The van der Waals surface area contributed by atoms with Crippen LogP contribution in [0, 0.1) is 0 Å². The molecule has 1 N–H and O–H groups in total. The number of hydrogen-bond donors (Lipinski definition) is 1. The third-order valence-corrected chi connectivity index (χ3v) is 5.21. The molecule has 0 aromatic carbocycles. The third-order valence-electron chi connectivity index (χ3n) is 3.07. The number of aryl methyl sites for hydroxylation is 1. The van der Waals surface area contributed by atoms with Crippen LogP contribution in [0.25, 0.3) is 0 Å². The summed E-state index contributed by atoms with van der Waals surface area (Å²) in [6, 6.07) is 0. The van der Waals surface area contributed by atoms with E-state index in [1.165, 1.54) is 13.8 Å². The zero-order valence-electron chi connectivity index (χ0n) is 10.7. The molecule has 5 nitrogen and oxygen atoms in total. The Kier molecular flexibility index (Phi) is 3.99. The molecule has 0 amide bonds. The SMILES string of the molecule is CCCn1ccnc1C(O)C(C)(C)S(C)(=O)=O. The van der Waals surface area contributed by atoms with Gasteiger partial charge in [-0.2, -0.15) is 0 Å². The summed E-state index contributed by atoms with van der Waals surface area (Å²) in [5.74, 6) is 0.405. The van der Waals surface area contributed by atoms with Crippen LogP contribution in [0.5, 0.6) is 0 Å². The molecule has 1 aromatic heterocycles. The first-order chi connectivity index (χ1) is 7.71. The Morgan fingerprint density at radius 3 is 2.59 bits per heavy atom. The van der Waals surface area contributed by atoms with Crippen molar-refractivity contribution >= 4 is 9.84 Å². The largest absolute Gasteiger partial charge is 0.384 e. The number of nitrogens with zero attached hydrogens (tertiary/aromatic N) is 2. The monoisotopic (exact) mass is 260 g/mol. The number of hydrogen-bond acceptors (Lipinski definition) is 4. The van der Waals surface area contributed by atoms with Crippen molar-refractivity contribution in [3.05, 3.63) is 18.2 Å². The summed E-state index contributed by atoms with van der Waals surface area (Å²) in [7, 11) is -3.36. The van der Waals surface area contributed by atoms with Gasteiger partial charge in [0.15, 0.2) is 9.84 Å². The van der Waals surface area contributed by atoms with E-state index in [4.69, 9.17) is 0 Å². The van der Waals surface area contributed by atoms with Gasteiger partial charge in [0.05, 0.1) is 4.75 Å². The predicted octanol–water partition coefficient (Wildman–Crippen LogP) is 1.15. The van der Waals surface area contributed by atoms with E-state index in [2.05, 4.69) is 4.98 Å². The molecule has 1 unspecified atom stereocenters. The number of imidazole rings is 1. The van der Waals surface area contributed by atoms with Crippen LogP contribution in [-0.4, -0.2) is 34.1 Å². The normalized spacial score (nSPS) is 14.9. The summed E-state index contributed by atoms with van der Waals surface area (Å²) in [4.78, 5) is 4.06. The van der Waals surface area contributed by atoms with E-state index in [9.17, 15) is 13.5 Å². The molecule has 0 spiro atoms. The van der Waals surface area contributed by atoms with E-state index >= 15 is 0 Å². The molecule has 0 fully saturated rings. The second-order valence-electron chi connectivity index (χ2n) is 4.76. The topological polar surface area (TPSA) is 72.2 Å². The molecule has 17 heavy (non-hydrogen) atoms. The Bertz CT molecular complexity index is 477. The number of aromatic nitrogens is 2. The number of rotatable bonds is 5. The maximum Gasteiger partial charge on any atom is 0.155 e. The molecule has 1 aromatic rings. The molecular formula is C11H20N2O3S. The lowest BCUT2D eigenvalue weighted by atomic mass is 10.1. The lowest BCUT2D eigenvalue weighted by molar-refractivity contribution is 0.126. The van der Waals surface area contributed by atoms with Crippen LogP contribution in [0.1, 0.15) is 39.1 Å². The van der Waals surface area contributed by atoms with Crippen LogP contribution >= 0.6 is 0 Å². The first kappa shape index (κ1) is 14.2. The maximum absolute atomic E-state index is 11.7. The van der Waals surface area contributed by atoms with Gasteiger partial charge in [-0.05, 0) is 20.3 Å². The molecule has 1 rings (SSSR count). The fourth-order valence-electron chi connectivity index (χ4n) is 1.51. The smallest absolute Gasteiger partial charge is 0.155 e. The van der Waals surface area contributed by atoms with Gasteiger partial charge in [-0.1, -0.05) is 6.92 Å². The van der Waals surface area contributed by atoms with E-state index in [0.29, 0.717) is 12.4 Å². The Morgan fingerprint density at radius 2 is 2.12 bits per heavy atom. The van der Waals surface area contributed by atoms with Gasteiger partial charge in [-0.3, -0.25) is 0 Å². The van der Waals surface area contributed by atoms with Gasteiger partial charge in [-0.25, -0.2) is 13.4 Å². The second kappa shape index (κ2) is 4.78. The van der Waals surface area contributed by atoms with Crippen molar-refractivity contribution < 1.29 is 13.5 Å². The first-order valence-corrected chi connectivity index (χ1v) is 7.49. The van der Waals surface area contributed by atoms with Crippen molar-refractivity contribution in [2.75, 3.05) is 6.26 Å². The van der Waals surface area contributed by atoms with Gasteiger partial charge < -0.3 is 9.67 Å². The van der Waals surface area contributed by atoms with Crippen molar-refractivity contribution in [1.29, 1.82) is 0 Å². The maximum atomic E-state index is 11.7. The molecule has 0 radical (unpaired) electrons. The number of sulfone groups is 1. The molecule has 0 aliphatic rings. The summed E-state index contributed by atoms with van der Waals surface area (Å²) in [6.07, 6.45) is 4.23. The number of aliphatic hydroxyl groups excluding tert-OH is 1. The summed E-state index contributed by atoms with van der Waals surface area (Å²) >= 11 is 0. The first-order valence-electron chi connectivity index (χ1n) is 5.60. The highest BCUT2D eigenvalue weighted by molar-refractivity contribution is 7.92. The Balaban J connectivity index is 3.12. The fraction of sp³-hybridized carbons (Fsp3) is 0.727. The van der Waals surface area contributed by atoms with E-state index < -0.39 is 20.7 Å². The van der Waals surface area contributed by atoms with Gasteiger partial charge in [0, 0.05) is 25.2 Å². The van der Waals surface area contributed by atoms with Crippen molar-refractivity contribution in [2.24, 2.45) is 0 Å². The summed E-state index contributed by atoms with van der Waals surface area (Å²) < 4.78 is 23.9. The van der Waals surface area contributed by atoms with Gasteiger partial charge in [0.25, 0.3) is 0 Å². The molecule has 0 aliphatic carbocycles. The van der Waals surface area contributed by atoms with E-state index in [1.54, 1.807) is 17.0 Å². The van der Waals surface area contributed by atoms with Crippen LogP contribution in [0.2, 0.25) is 0 Å².